The van der Waals surface area contributed by atoms with Crippen LogP contribution >= 0.6 is 15.9 Å². The minimum atomic E-state index is 0.836. The van der Waals surface area contributed by atoms with Crippen LogP contribution in [0.25, 0.3) is 0 Å². The Morgan fingerprint density at radius 3 is 2.29 bits per heavy atom. The Balaban J connectivity index is 2.26. The highest BCUT2D eigenvalue weighted by molar-refractivity contribution is 9.09. The van der Waals surface area contributed by atoms with Crippen molar-refractivity contribution in [2.45, 2.75) is 31.0 Å². The van der Waals surface area contributed by atoms with Crippen molar-refractivity contribution in [3.8, 4) is 0 Å². The summed E-state index contributed by atoms with van der Waals surface area (Å²) in [7, 11) is 0. The van der Waals surface area contributed by atoms with Crippen LogP contribution in [0.5, 0.6) is 0 Å². The maximum absolute atomic E-state index is 3.58. The normalized spacial score (nSPS) is 42.0. The summed E-state index contributed by atoms with van der Waals surface area (Å²) in [6, 6.07) is 0. The molecule has 1 aliphatic carbocycles. The molecule has 1 heteroatoms. The van der Waals surface area contributed by atoms with Crippen LogP contribution < -0.4 is 0 Å². The highest BCUT2D eigenvalue weighted by atomic mass is 79.9. The van der Waals surface area contributed by atoms with Crippen molar-refractivity contribution in [2.24, 2.45) is 5.92 Å². The molecule has 0 saturated heterocycles. The first-order valence-corrected chi connectivity index (χ1v) is 3.84. The van der Waals surface area contributed by atoms with Gasteiger partial charge in [-0.1, -0.05) is 22.9 Å². The summed E-state index contributed by atoms with van der Waals surface area (Å²) in [4.78, 5) is 0.836. The van der Waals surface area contributed by atoms with Crippen LogP contribution in [0.15, 0.2) is 0 Å². The van der Waals surface area contributed by atoms with Crippen molar-refractivity contribution in [2.75, 3.05) is 0 Å². The second-order valence-electron chi connectivity index (χ2n) is 2.52. The molecule has 0 spiro atoms. The quantitative estimate of drug-likeness (QED) is 0.481. The van der Waals surface area contributed by atoms with Gasteiger partial charge in [0.25, 0.3) is 0 Å². The van der Waals surface area contributed by atoms with E-state index in [1.807, 2.05) is 0 Å². The molecule has 1 rings (SSSR count). The van der Waals surface area contributed by atoms with Gasteiger partial charge in [0.05, 0.1) is 0 Å². The molecule has 0 aliphatic heterocycles. The molecule has 0 bridgehead atoms. The van der Waals surface area contributed by atoms with Crippen LogP contribution in [0.3, 0.4) is 0 Å². The fraction of sp³-hybridized carbons (Fsp3) is 1.00. The zero-order valence-electron chi connectivity index (χ0n) is 4.65. The first-order chi connectivity index (χ1) is 3.29. The van der Waals surface area contributed by atoms with Crippen LogP contribution in [0.2, 0.25) is 0 Å². The Hall–Kier alpha value is 0.480. The van der Waals surface area contributed by atoms with Gasteiger partial charge in [-0.15, -0.1) is 0 Å². The predicted molar refractivity (Wildman–Crippen MR) is 35.7 cm³/mol. The van der Waals surface area contributed by atoms with E-state index < -0.39 is 0 Å². The molecule has 0 aromatic heterocycles. The van der Waals surface area contributed by atoms with Gasteiger partial charge >= 0.3 is 0 Å². The number of hydrogen-bond donors (Lipinski definition) is 0. The molecule has 0 radical (unpaired) electrons. The van der Waals surface area contributed by atoms with E-state index >= 15 is 0 Å². The Morgan fingerprint density at radius 1 is 1.43 bits per heavy atom. The summed E-state index contributed by atoms with van der Waals surface area (Å²) in [5, 5.41) is 0. The van der Waals surface area contributed by atoms with Gasteiger partial charge in [0.15, 0.2) is 0 Å². The van der Waals surface area contributed by atoms with E-state index in [9.17, 15) is 0 Å². The van der Waals surface area contributed by atoms with E-state index in [-0.39, 0.29) is 0 Å². The molecule has 0 N–H and O–H groups in total. The Bertz CT molecular complexity index is 53.2. The lowest BCUT2D eigenvalue weighted by atomic mass is 10.2. The minimum absolute atomic E-state index is 0.836. The highest BCUT2D eigenvalue weighted by Gasteiger charge is 2.17. The second-order valence-corrected chi connectivity index (χ2v) is 3.81. The summed E-state index contributed by atoms with van der Waals surface area (Å²) in [6.07, 6.45) is 4.21. The zero-order valence-corrected chi connectivity index (χ0v) is 6.24. The first kappa shape index (κ1) is 5.61. The van der Waals surface area contributed by atoms with Crippen molar-refractivity contribution in [3.63, 3.8) is 0 Å². The molecule has 1 fully saturated rings. The highest BCUT2D eigenvalue weighted by Crippen LogP contribution is 2.29. The third-order valence-corrected chi connectivity index (χ3v) is 2.46. The van der Waals surface area contributed by atoms with Gasteiger partial charge in [-0.3, -0.25) is 0 Å². The predicted octanol–water partition coefficient (Wildman–Crippen LogP) is 2.57. The van der Waals surface area contributed by atoms with Crippen LogP contribution in [-0.4, -0.2) is 4.83 Å². The molecule has 0 heterocycles. The lowest BCUT2D eigenvalue weighted by molar-refractivity contribution is 0.614. The van der Waals surface area contributed by atoms with Gasteiger partial charge in [0.2, 0.25) is 0 Å². The standard InChI is InChI=1S/C6H11Br/c1-5-2-3-6(7)4-5/h5-6H,2-4H2,1H3/t5-,6+/m0/s1. The Morgan fingerprint density at radius 2 is 2.14 bits per heavy atom. The molecule has 0 nitrogen and oxygen atoms in total. The summed E-state index contributed by atoms with van der Waals surface area (Å²) in [5.74, 6) is 0.976. The fourth-order valence-electron chi connectivity index (χ4n) is 1.14. The van der Waals surface area contributed by atoms with E-state index in [0.29, 0.717) is 0 Å². The lowest BCUT2D eigenvalue weighted by Gasteiger charge is -1.94. The van der Waals surface area contributed by atoms with Crippen LogP contribution in [0.4, 0.5) is 0 Å². The lowest BCUT2D eigenvalue weighted by Crippen LogP contribution is -1.87. The second kappa shape index (κ2) is 2.17. The summed E-state index contributed by atoms with van der Waals surface area (Å²) in [6.45, 7) is 2.32. The SMILES string of the molecule is C[C@H]1CC[C@@H](Br)C1. The largest absolute Gasteiger partial charge is 0.0891 e. The van der Waals surface area contributed by atoms with E-state index in [0.717, 1.165) is 10.7 Å². The number of alkyl halides is 1. The molecular weight excluding hydrogens is 152 g/mol. The van der Waals surface area contributed by atoms with Crippen molar-refractivity contribution in [3.05, 3.63) is 0 Å². The average Bonchev–Trinajstić information content (AvgIpc) is 1.87. The molecule has 42 valence electrons. The summed E-state index contributed by atoms with van der Waals surface area (Å²) in [5.41, 5.74) is 0. The average molecular weight is 163 g/mol. The number of hydrogen-bond acceptors (Lipinski definition) is 0. The molecule has 1 saturated carbocycles. The smallest absolute Gasteiger partial charge is 0.0148 e. The first-order valence-electron chi connectivity index (χ1n) is 2.93. The maximum Gasteiger partial charge on any atom is 0.0148 e. The van der Waals surface area contributed by atoms with Crippen molar-refractivity contribution in [1.82, 2.24) is 0 Å². The molecule has 0 aromatic rings. The maximum atomic E-state index is 3.58. The zero-order chi connectivity index (χ0) is 5.28. The van der Waals surface area contributed by atoms with E-state index in [1.165, 1.54) is 19.3 Å². The molecule has 0 aromatic carbocycles. The van der Waals surface area contributed by atoms with Gasteiger partial charge in [-0.25, -0.2) is 0 Å². The van der Waals surface area contributed by atoms with Gasteiger partial charge in [0.1, 0.15) is 0 Å². The Labute approximate surface area is 53.4 Å². The van der Waals surface area contributed by atoms with Gasteiger partial charge in [-0.05, 0) is 25.2 Å². The summed E-state index contributed by atoms with van der Waals surface area (Å²) >= 11 is 3.58. The van der Waals surface area contributed by atoms with Gasteiger partial charge in [-0.2, -0.15) is 0 Å². The molecule has 0 unspecified atom stereocenters. The summed E-state index contributed by atoms with van der Waals surface area (Å²) < 4.78 is 0. The van der Waals surface area contributed by atoms with Crippen LogP contribution in [0.1, 0.15) is 26.2 Å². The van der Waals surface area contributed by atoms with E-state index in [2.05, 4.69) is 22.9 Å². The van der Waals surface area contributed by atoms with E-state index in [1.54, 1.807) is 0 Å². The topological polar surface area (TPSA) is 0 Å². The fourth-order valence-corrected chi connectivity index (χ4v) is 2.04. The van der Waals surface area contributed by atoms with Gasteiger partial charge < -0.3 is 0 Å². The van der Waals surface area contributed by atoms with Crippen molar-refractivity contribution in [1.29, 1.82) is 0 Å². The van der Waals surface area contributed by atoms with Crippen molar-refractivity contribution >= 4 is 15.9 Å². The molecule has 0 amide bonds. The molecule has 2 atom stereocenters. The molecule has 7 heavy (non-hydrogen) atoms. The minimum Gasteiger partial charge on any atom is -0.0891 e. The third kappa shape index (κ3) is 1.45. The third-order valence-electron chi connectivity index (χ3n) is 1.63. The van der Waals surface area contributed by atoms with Crippen LogP contribution in [0, 0.1) is 5.92 Å². The number of halogens is 1. The monoisotopic (exact) mass is 162 g/mol. The molecule has 1 aliphatic rings. The van der Waals surface area contributed by atoms with E-state index in [4.69, 9.17) is 0 Å². The van der Waals surface area contributed by atoms with Crippen molar-refractivity contribution < 1.29 is 0 Å². The van der Waals surface area contributed by atoms with Crippen LogP contribution in [-0.2, 0) is 0 Å². The molecular formula is C6H11Br. The number of rotatable bonds is 0. The Kier molecular flexibility index (Phi) is 1.74. The van der Waals surface area contributed by atoms with Gasteiger partial charge in [0, 0.05) is 4.83 Å².